The van der Waals surface area contributed by atoms with Crippen LogP contribution in [0.15, 0.2) is 64.9 Å². The van der Waals surface area contributed by atoms with Crippen LogP contribution in [-0.4, -0.2) is 65.2 Å². The van der Waals surface area contributed by atoms with Gasteiger partial charge in [-0.25, -0.2) is 0 Å². The number of piperidine rings is 1. The molecule has 1 atom stereocenters. The summed E-state index contributed by atoms with van der Waals surface area (Å²) < 4.78 is 5.53. The van der Waals surface area contributed by atoms with Gasteiger partial charge in [-0.1, -0.05) is 12.1 Å². The Morgan fingerprint density at radius 1 is 1.14 bits per heavy atom. The van der Waals surface area contributed by atoms with Gasteiger partial charge in [-0.15, -0.1) is 23.1 Å². The number of hydrogen-bond acceptors (Lipinski definition) is 7. The number of carbonyl (C=O) groups excluding carboxylic acids is 1. The molecule has 0 radical (unpaired) electrons. The smallest absolute Gasteiger partial charge is 0.264 e. The van der Waals surface area contributed by atoms with Gasteiger partial charge >= 0.3 is 0 Å². The summed E-state index contributed by atoms with van der Waals surface area (Å²) in [5, 5.41) is 25.2. The first-order valence-electron chi connectivity index (χ1n) is 12.4. The zero-order valence-corrected chi connectivity index (χ0v) is 22.2. The topological polar surface area (TPSA) is 82.0 Å². The van der Waals surface area contributed by atoms with Crippen LogP contribution in [0.1, 0.15) is 33.6 Å². The van der Waals surface area contributed by atoms with E-state index in [2.05, 4.69) is 29.6 Å². The van der Waals surface area contributed by atoms with Crippen molar-refractivity contribution < 1.29 is 19.7 Å². The Bertz CT molecular complexity index is 1090. The minimum absolute atomic E-state index is 0.182. The summed E-state index contributed by atoms with van der Waals surface area (Å²) in [7, 11) is 0. The maximum absolute atomic E-state index is 12.7. The molecule has 1 amide bonds. The molecule has 3 aromatic rings. The van der Waals surface area contributed by atoms with E-state index in [4.69, 9.17) is 4.74 Å². The Labute approximate surface area is 221 Å². The summed E-state index contributed by atoms with van der Waals surface area (Å²) >= 11 is 3.45. The van der Waals surface area contributed by atoms with Crippen molar-refractivity contribution in [3.05, 3.63) is 76.0 Å². The standard InChI is InChI=1S/C28H34N2O4S2/c1-20-13-17-35-27(20)28(33)30-15-11-26(12-16-30)36-25-8-2-21(3-9-25)10-14-29-18-23(32)19-34-24-6-4-22(31)5-7-24/h2-9,13,17,23,26,29,31-32H,10-12,14-16,18-19H2,1H3/t23-/m0/s1. The van der Waals surface area contributed by atoms with Crippen LogP contribution < -0.4 is 10.1 Å². The number of carbonyl (C=O) groups is 1. The van der Waals surface area contributed by atoms with Gasteiger partial charge in [0.25, 0.3) is 5.91 Å². The maximum atomic E-state index is 12.7. The van der Waals surface area contributed by atoms with Gasteiger partial charge in [0.05, 0.1) is 4.88 Å². The predicted octanol–water partition coefficient (Wildman–Crippen LogP) is 4.73. The number of nitrogens with one attached hydrogen (secondary N) is 1. The van der Waals surface area contributed by atoms with Gasteiger partial charge in [-0.2, -0.15) is 0 Å². The fourth-order valence-electron chi connectivity index (χ4n) is 4.13. The second-order valence-corrected chi connectivity index (χ2v) is 11.4. The average Bonchev–Trinajstić information content (AvgIpc) is 3.33. The number of hydrogen-bond donors (Lipinski definition) is 3. The van der Waals surface area contributed by atoms with Crippen molar-refractivity contribution in [2.45, 2.75) is 42.4 Å². The predicted molar refractivity (Wildman–Crippen MR) is 146 cm³/mol. The molecule has 0 saturated carbocycles. The summed E-state index contributed by atoms with van der Waals surface area (Å²) in [6, 6.07) is 17.2. The van der Waals surface area contributed by atoms with E-state index in [9.17, 15) is 15.0 Å². The highest BCUT2D eigenvalue weighted by atomic mass is 32.2. The molecule has 36 heavy (non-hydrogen) atoms. The highest BCUT2D eigenvalue weighted by Crippen LogP contribution is 2.31. The SMILES string of the molecule is Cc1ccsc1C(=O)N1CCC(Sc2ccc(CCNC[C@H](O)COc3ccc(O)cc3)cc2)CC1. The Morgan fingerprint density at radius 3 is 2.53 bits per heavy atom. The van der Waals surface area contributed by atoms with Crippen LogP contribution in [0.5, 0.6) is 11.5 Å². The molecule has 4 rings (SSSR count). The first-order chi connectivity index (χ1) is 17.5. The fraction of sp³-hybridized carbons (Fsp3) is 0.393. The van der Waals surface area contributed by atoms with E-state index in [1.807, 2.05) is 35.0 Å². The highest BCUT2D eigenvalue weighted by molar-refractivity contribution is 8.00. The number of rotatable bonds is 11. The van der Waals surface area contributed by atoms with Crippen molar-refractivity contribution in [3.8, 4) is 11.5 Å². The number of thiophene rings is 1. The number of phenols is 1. The van der Waals surface area contributed by atoms with E-state index in [0.717, 1.165) is 49.3 Å². The quantitative estimate of drug-likeness (QED) is 0.314. The zero-order chi connectivity index (χ0) is 25.3. The molecule has 1 saturated heterocycles. The van der Waals surface area contributed by atoms with Gasteiger partial charge in [0.15, 0.2) is 0 Å². The Hall–Kier alpha value is -2.52. The maximum Gasteiger partial charge on any atom is 0.264 e. The van der Waals surface area contributed by atoms with Crippen molar-refractivity contribution in [2.75, 3.05) is 32.8 Å². The molecule has 1 aliphatic rings. The highest BCUT2D eigenvalue weighted by Gasteiger charge is 2.25. The Morgan fingerprint density at radius 2 is 1.86 bits per heavy atom. The lowest BCUT2D eigenvalue weighted by atomic mass is 10.1. The van der Waals surface area contributed by atoms with E-state index in [1.54, 1.807) is 24.3 Å². The van der Waals surface area contributed by atoms with E-state index in [-0.39, 0.29) is 18.3 Å². The van der Waals surface area contributed by atoms with E-state index in [1.165, 1.54) is 21.8 Å². The molecule has 1 aromatic heterocycles. The monoisotopic (exact) mass is 526 g/mol. The molecule has 0 aliphatic carbocycles. The largest absolute Gasteiger partial charge is 0.508 e. The molecule has 0 unspecified atom stereocenters. The van der Waals surface area contributed by atoms with Crippen LogP contribution >= 0.6 is 23.1 Å². The fourth-order valence-corrected chi connectivity index (χ4v) is 6.15. The van der Waals surface area contributed by atoms with Crippen molar-refractivity contribution in [2.24, 2.45) is 0 Å². The molecular weight excluding hydrogens is 492 g/mol. The number of amides is 1. The van der Waals surface area contributed by atoms with Crippen LogP contribution in [0.25, 0.3) is 0 Å². The number of aryl methyl sites for hydroxylation is 1. The van der Waals surface area contributed by atoms with Crippen LogP contribution in [0.2, 0.25) is 0 Å². The van der Waals surface area contributed by atoms with Gasteiger partial charge in [0, 0.05) is 29.8 Å². The lowest BCUT2D eigenvalue weighted by Gasteiger charge is -2.31. The van der Waals surface area contributed by atoms with E-state index >= 15 is 0 Å². The summed E-state index contributed by atoms with van der Waals surface area (Å²) in [4.78, 5) is 16.9. The second-order valence-electron chi connectivity index (χ2n) is 9.10. The summed E-state index contributed by atoms with van der Waals surface area (Å²) in [5.41, 5.74) is 2.33. The summed E-state index contributed by atoms with van der Waals surface area (Å²) in [6.07, 6.45) is 2.32. The molecule has 8 heteroatoms. The minimum atomic E-state index is -0.603. The molecule has 2 aromatic carbocycles. The number of ether oxygens (including phenoxy) is 1. The number of aliphatic hydroxyl groups excluding tert-OH is 1. The van der Waals surface area contributed by atoms with Crippen LogP contribution in [0.3, 0.4) is 0 Å². The third kappa shape index (κ3) is 7.74. The molecule has 3 N–H and O–H groups in total. The van der Waals surface area contributed by atoms with Crippen LogP contribution in [0, 0.1) is 6.92 Å². The van der Waals surface area contributed by atoms with Gasteiger partial charge < -0.3 is 25.2 Å². The molecule has 0 spiro atoms. The molecule has 1 aliphatic heterocycles. The molecule has 6 nitrogen and oxygen atoms in total. The third-order valence-electron chi connectivity index (χ3n) is 6.26. The van der Waals surface area contributed by atoms with Crippen LogP contribution in [0.4, 0.5) is 0 Å². The number of aromatic hydroxyl groups is 1. The van der Waals surface area contributed by atoms with Crippen molar-refractivity contribution in [1.29, 1.82) is 0 Å². The molecule has 1 fully saturated rings. The number of nitrogens with zero attached hydrogens (tertiary/aromatic N) is 1. The number of likely N-dealkylation sites (tertiary alicyclic amines) is 1. The second kappa shape index (κ2) is 13.1. The van der Waals surface area contributed by atoms with Crippen molar-refractivity contribution in [1.82, 2.24) is 10.2 Å². The Kier molecular flexibility index (Phi) is 9.69. The lowest BCUT2D eigenvalue weighted by Crippen LogP contribution is -2.39. The van der Waals surface area contributed by atoms with Gasteiger partial charge in [0.2, 0.25) is 0 Å². The lowest BCUT2D eigenvalue weighted by molar-refractivity contribution is 0.0731. The Balaban J connectivity index is 1.11. The number of phenolic OH excluding ortho intramolecular Hbond substituents is 1. The first-order valence-corrected chi connectivity index (χ1v) is 14.1. The normalized spacial score (nSPS) is 15.1. The number of thioether (sulfide) groups is 1. The summed E-state index contributed by atoms with van der Waals surface area (Å²) in [6.45, 7) is 5.08. The summed E-state index contributed by atoms with van der Waals surface area (Å²) in [5.74, 6) is 0.994. The molecular formula is C28H34N2O4S2. The van der Waals surface area contributed by atoms with Crippen LogP contribution in [-0.2, 0) is 6.42 Å². The number of aliphatic hydroxyl groups is 1. The molecule has 192 valence electrons. The average molecular weight is 527 g/mol. The minimum Gasteiger partial charge on any atom is -0.508 e. The van der Waals surface area contributed by atoms with Crippen molar-refractivity contribution in [3.63, 3.8) is 0 Å². The first kappa shape index (κ1) is 26.5. The third-order valence-corrected chi connectivity index (χ3v) is 8.61. The van der Waals surface area contributed by atoms with Gasteiger partial charge in [-0.3, -0.25) is 4.79 Å². The molecule has 0 bridgehead atoms. The van der Waals surface area contributed by atoms with E-state index in [0.29, 0.717) is 17.5 Å². The van der Waals surface area contributed by atoms with Crippen molar-refractivity contribution >= 4 is 29.0 Å². The van der Waals surface area contributed by atoms with Gasteiger partial charge in [-0.05, 0) is 91.7 Å². The zero-order valence-electron chi connectivity index (χ0n) is 20.6. The molecule has 2 heterocycles. The van der Waals surface area contributed by atoms with E-state index < -0.39 is 6.10 Å². The number of benzene rings is 2. The van der Waals surface area contributed by atoms with Gasteiger partial charge in [0.1, 0.15) is 24.2 Å².